The molecule has 112 valence electrons. The van der Waals surface area contributed by atoms with Crippen LogP contribution in [0.5, 0.6) is 0 Å². The van der Waals surface area contributed by atoms with Crippen molar-refractivity contribution >= 4 is 29.0 Å². The maximum absolute atomic E-state index is 12.3. The van der Waals surface area contributed by atoms with Crippen molar-refractivity contribution in [1.29, 1.82) is 0 Å². The third-order valence-corrected chi connectivity index (χ3v) is 3.85. The van der Waals surface area contributed by atoms with Gasteiger partial charge in [0, 0.05) is 18.7 Å². The Morgan fingerprint density at radius 2 is 2.14 bits per heavy atom. The molecule has 0 bridgehead atoms. The van der Waals surface area contributed by atoms with Gasteiger partial charge in [0.25, 0.3) is 5.91 Å². The van der Waals surface area contributed by atoms with Crippen molar-refractivity contribution < 1.29 is 9.21 Å². The summed E-state index contributed by atoms with van der Waals surface area (Å²) in [5.41, 5.74) is 6.99. The molecule has 7 nitrogen and oxygen atoms in total. The van der Waals surface area contributed by atoms with Crippen LogP contribution in [0.2, 0.25) is 5.22 Å². The number of carbonyl (C=O) groups is 1. The molecule has 8 heteroatoms. The van der Waals surface area contributed by atoms with Crippen LogP contribution in [0.25, 0.3) is 17.2 Å². The molecular weight excluding hydrogens is 306 g/mol. The Kier molecular flexibility index (Phi) is 2.83. The molecule has 1 aliphatic rings. The van der Waals surface area contributed by atoms with Gasteiger partial charge in [0.1, 0.15) is 5.82 Å². The van der Waals surface area contributed by atoms with Gasteiger partial charge >= 0.3 is 0 Å². The van der Waals surface area contributed by atoms with Gasteiger partial charge in [0.05, 0.1) is 0 Å². The molecule has 0 aromatic carbocycles. The number of fused-ring (bicyclic) bond motifs is 1. The van der Waals surface area contributed by atoms with Crippen molar-refractivity contribution in [2.24, 2.45) is 0 Å². The van der Waals surface area contributed by atoms with E-state index in [1.54, 1.807) is 29.2 Å². The third kappa shape index (κ3) is 2.01. The van der Waals surface area contributed by atoms with Gasteiger partial charge in [-0.3, -0.25) is 4.79 Å². The molecule has 1 saturated heterocycles. The van der Waals surface area contributed by atoms with Crippen LogP contribution >= 0.6 is 11.6 Å². The number of pyridine rings is 1. The second-order valence-corrected chi connectivity index (χ2v) is 5.50. The van der Waals surface area contributed by atoms with E-state index in [0.717, 1.165) is 19.5 Å². The quantitative estimate of drug-likeness (QED) is 0.781. The number of hydrogen-bond acceptors (Lipinski definition) is 5. The van der Waals surface area contributed by atoms with Gasteiger partial charge in [-0.25, -0.2) is 4.98 Å². The summed E-state index contributed by atoms with van der Waals surface area (Å²) in [7, 11) is 0. The second-order valence-electron chi connectivity index (χ2n) is 5.12. The number of nitrogens with two attached hydrogens (primary N) is 1. The van der Waals surface area contributed by atoms with Gasteiger partial charge in [0.15, 0.2) is 16.6 Å². The van der Waals surface area contributed by atoms with Crippen LogP contribution in [0.4, 0.5) is 5.82 Å². The molecule has 1 fully saturated rings. The van der Waals surface area contributed by atoms with E-state index in [1.807, 2.05) is 0 Å². The number of anilines is 1. The standard InChI is InChI=1S/C14H12ClN5O2/c15-10-3-2-9(22-10)13-17-12-7-8(6-11(16)20(12)18-13)14(21)19-4-1-5-19/h2-3,6-7H,1,4-5,16H2. The fourth-order valence-corrected chi connectivity index (χ4v) is 2.52. The number of nitrogens with zero attached hydrogens (tertiary/aromatic N) is 4. The van der Waals surface area contributed by atoms with Crippen LogP contribution in [0.3, 0.4) is 0 Å². The lowest BCUT2D eigenvalue weighted by Crippen LogP contribution is -2.42. The topological polar surface area (TPSA) is 89.7 Å². The highest BCUT2D eigenvalue weighted by Gasteiger charge is 2.23. The first-order valence-electron chi connectivity index (χ1n) is 6.83. The van der Waals surface area contributed by atoms with Crippen LogP contribution in [-0.2, 0) is 0 Å². The van der Waals surface area contributed by atoms with Gasteiger partial charge in [0.2, 0.25) is 5.82 Å². The molecule has 0 radical (unpaired) electrons. The average molecular weight is 318 g/mol. The first-order valence-corrected chi connectivity index (χ1v) is 7.21. The number of nitrogen functional groups attached to an aromatic ring is 1. The molecule has 3 aromatic rings. The van der Waals surface area contributed by atoms with Crippen LogP contribution in [0.1, 0.15) is 16.8 Å². The molecule has 0 unspecified atom stereocenters. The van der Waals surface area contributed by atoms with Crippen LogP contribution in [0, 0.1) is 0 Å². The Labute approximate surface area is 130 Å². The summed E-state index contributed by atoms with van der Waals surface area (Å²) in [4.78, 5) is 18.4. The van der Waals surface area contributed by atoms with E-state index in [0.29, 0.717) is 28.6 Å². The first kappa shape index (κ1) is 13.1. The Bertz CT molecular complexity index is 881. The largest absolute Gasteiger partial charge is 0.441 e. The molecule has 0 atom stereocenters. The number of furan rings is 1. The van der Waals surface area contributed by atoms with Crippen molar-refractivity contribution in [1.82, 2.24) is 19.5 Å². The van der Waals surface area contributed by atoms with E-state index in [1.165, 1.54) is 4.52 Å². The molecule has 1 aliphatic heterocycles. The lowest BCUT2D eigenvalue weighted by atomic mass is 10.1. The normalized spacial score (nSPS) is 14.3. The molecule has 4 rings (SSSR count). The van der Waals surface area contributed by atoms with Gasteiger partial charge in [-0.2, -0.15) is 4.52 Å². The van der Waals surface area contributed by atoms with Crippen molar-refractivity contribution in [3.63, 3.8) is 0 Å². The number of hydrogen-bond donors (Lipinski definition) is 1. The summed E-state index contributed by atoms with van der Waals surface area (Å²) < 4.78 is 6.76. The lowest BCUT2D eigenvalue weighted by Gasteiger charge is -2.30. The van der Waals surface area contributed by atoms with Gasteiger partial charge in [-0.05, 0) is 42.3 Å². The number of halogens is 1. The Morgan fingerprint density at radius 1 is 1.32 bits per heavy atom. The summed E-state index contributed by atoms with van der Waals surface area (Å²) in [6, 6.07) is 6.59. The van der Waals surface area contributed by atoms with Crippen LogP contribution in [0.15, 0.2) is 28.7 Å². The average Bonchev–Trinajstić information content (AvgIpc) is 3.02. The van der Waals surface area contributed by atoms with Crippen molar-refractivity contribution in [2.45, 2.75) is 6.42 Å². The zero-order valence-electron chi connectivity index (χ0n) is 11.5. The summed E-state index contributed by atoms with van der Waals surface area (Å²) in [5, 5.41) is 4.54. The predicted octanol–water partition coefficient (Wildman–Crippen LogP) is 2.07. The number of likely N-dealkylation sites (tertiary alicyclic amines) is 1. The molecule has 22 heavy (non-hydrogen) atoms. The summed E-state index contributed by atoms with van der Waals surface area (Å²) in [5.74, 6) is 1.12. The predicted molar refractivity (Wildman–Crippen MR) is 80.6 cm³/mol. The molecule has 3 aromatic heterocycles. The first-order chi connectivity index (χ1) is 10.6. The highest BCUT2D eigenvalue weighted by atomic mass is 35.5. The van der Waals surface area contributed by atoms with E-state index in [-0.39, 0.29) is 11.1 Å². The molecule has 0 aliphatic carbocycles. The number of rotatable bonds is 2. The molecule has 0 saturated carbocycles. The molecule has 0 spiro atoms. The number of aromatic nitrogens is 3. The van der Waals surface area contributed by atoms with Gasteiger partial charge in [-0.1, -0.05) is 0 Å². The third-order valence-electron chi connectivity index (χ3n) is 3.65. The summed E-state index contributed by atoms with van der Waals surface area (Å²) in [6.07, 6.45) is 1.04. The van der Waals surface area contributed by atoms with E-state index in [9.17, 15) is 4.79 Å². The van der Waals surface area contributed by atoms with Gasteiger partial charge in [-0.15, -0.1) is 5.10 Å². The van der Waals surface area contributed by atoms with E-state index in [2.05, 4.69) is 10.1 Å². The molecule has 4 heterocycles. The molecule has 1 amide bonds. The van der Waals surface area contributed by atoms with Crippen molar-refractivity contribution in [3.05, 3.63) is 35.0 Å². The highest BCUT2D eigenvalue weighted by molar-refractivity contribution is 6.28. The van der Waals surface area contributed by atoms with E-state index >= 15 is 0 Å². The van der Waals surface area contributed by atoms with Crippen LogP contribution in [-0.4, -0.2) is 38.5 Å². The van der Waals surface area contributed by atoms with E-state index < -0.39 is 0 Å². The van der Waals surface area contributed by atoms with Crippen LogP contribution < -0.4 is 5.73 Å². The SMILES string of the molecule is Nc1cc(C(=O)N2CCC2)cc2nc(-c3ccc(Cl)o3)nn12. The summed E-state index contributed by atoms with van der Waals surface area (Å²) >= 11 is 5.76. The Balaban J connectivity index is 1.78. The Morgan fingerprint density at radius 3 is 2.77 bits per heavy atom. The zero-order chi connectivity index (χ0) is 15.3. The van der Waals surface area contributed by atoms with Crippen molar-refractivity contribution in [3.8, 4) is 11.6 Å². The van der Waals surface area contributed by atoms with Gasteiger partial charge < -0.3 is 15.1 Å². The van der Waals surface area contributed by atoms with E-state index in [4.69, 9.17) is 21.8 Å². The smallest absolute Gasteiger partial charge is 0.254 e. The maximum atomic E-state index is 12.3. The minimum absolute atomic E-state index is 0.0361. The minimum atomic E-state index is -0.0361. The number of amides is 1. The fourth-order valence-electron chi connectivity index (χ4n) is 2.37. The molecule has 2 N–H and O–H groups in total. The second kappa shape index (κ2) is 4.74. The Hall–Kier alpha value is -2.54. The summed E-state index contributed by atoms with van der Waals surface area (Å²) in [6.45, 7) is 1.57. The fraction of sp³-hybridized carbons (Fsp3) is 0.214. The number of carbonyl (C=O) groups excluding carboxylic acids is 1. The minimum Gasteiger partial charge on any atom is -0.441 e. The maximum Gasteiger partial charge on any atom is 0.254 e. The monoisotopic (exact) mass is 317 g/mol. The lowest BCUT2D eigenvalue weighted by molar-refractivity contribution is 0.0652. The highest BCUT2D eigenvalue weighted by Crippen LogP contribution is 2.24. The zero-order valence-corrected chi connectivity index (χ0v) is 12.2. The van der Waals surface area contributed by atoms with Crippen molar-refractivity contribution in [2.75, 3.05) is 18.8 Å². The molecular formula is C14H12ClN5O2.